The van der Waals surface area contributed by atoms with Gasteiger partial charge in [-0.3, -0.25) is 4.79 Å². The first kappa shape index (κ1) is 15.7. The number of nitrogens with zero attached hydrogens (tertiary/aromatic N) is 3. The van der Waals surface area contributed by atoms with Crippen LogP contribution in [0.3, 0.4) is 0 Å². The Balaban J connectivity index is 1.54. The third-order valence-corrected chi connectivity index (χ3v) is 4.78. The summed E-state index contributed by atoms with van der Waals surface area (Å²) in [6.07, 6.45) is 5.20. The minimum absolute atomic E-state index is 0.135. The van der Waals surface area contributed by atoms with Crippen LogP contribution in [0.5, 0.6) is 0 Å². The first-order valence-corrected chi connectivity index (χ1v) is 8.72. The lowest BCUT2D eigenvalue weighted by molar-refractivity contribution is -0.122. The molecule has 0 aliphatic heterocycles. The first-order valence-electron chi connectivity index (χ1n) is 7.78. The van der Waals surface area contributed by atoms with Crippen molar-refractivity contribution in [3.63, 3.8) is 0 Å². The minimum atomic E-state index is -0.688. The number of carbonyl (C=O) groups excluding carboxylic acids is 1. The molecule has 2 aromatic heterocycles. The molecular formula is C16H18N4O2S. The van der Waals surface area contributed by atoms with Crippen LogP contribution in [-0.2, 0) is 11.2 Å². The molecule has 1 N–H and O–H groups in total. The van der Waals surface area contributed by atoms with E-state index < -0.39 is 5.54 Å². The van der Waals surface area contributed by atoms with Crippen molar-refractivity contribution in [2.24, 2.45) is 0 Å². The van der Waals surface area contributed by atoms with Crippen molar-refractivity contribution < 1.29 is 9.21 Å². The molecule has 7 heteroatoms. The van der Waals surface area contributed by atoms with Gasteiger partial charge in [-0.2, -0.15) is 16.6 Å². The second kappa shape index (κ2) is 6.92. The summed E-state index contributed by atoms with van der Waals surface area (Å²) in [5.41, 5.74) is 0.204. The number of carbonyl (C=O) groups is 1. The zero-order valence-corrected chi connectivity index (χ0v) is 13.6. The van der Waals surface area contributed by atoms with Crippen LogP contribution in [0, 0.1) is 11.3 Å². The quantitative estimate of drug-likeness (QED) is 0.909. The van der Waals surface area contributed by atoms with E-state index in [-0.39, 0.29) is 12.3 Å². The number of thiophene rings is 1. The van der Waals surface area contributed by atoms with Gasteiger partial charge in [-0.05, 0) is 24.3 Å². The Morgan fingerprint density at radius 2 is 2.22 bits per heavy atom. The van der Waals surface area contributed by atoms with Gasteiger partial charge in [0, 0.05) is 23.8 Å². The highest BCUT2D eigenvalue weighted by molar-refractivity contribution is 7.08. The van der Waals surface area contributed by atoms with Crippen LogP contribution in [0.2, 0.25) is 0 Å². The highest BCUT2D eigenvalue weighted by Crippen LogP contribution is 2.27. The first-order chi connectivity index (χ1) is 11.2. The second-order valence-electron chi connectivity index (χ2n) is 5.82. The lowest BCUT2D eigenvalue weighted by Crippen LogP contribution is -2.48. The van der Waals surface area contributed by atoms with Crippen LogP contribution >= 0.6 is 11.3 Å². The van der Waals surface area contributed by atoms with E-state index >= 15 is 0 Å². The monoisotopic (exact) mass is 330 g/mol. The standard InChI is InChI=1S/C16H18N4O2S/c17-11-16(7-2-1-3-8-16)18-13(21)4-5-14-19-20-15(22-14)12-6-9-23-10-12/h6,9-10H,1-5,7-8H2,(H,18,21). The van der Waals surface area contributed by atoms with Gasteiger partial charge in [0.05, 0.1) is 6.07 Å². The molecule has 0 unspecified atom stereocenters. The van der Waals surface area contributed by atoms with Gasteiger partial charge in [-0.25, -0.2) is 0 Å². The molecule has 1 fully saturated rings. The van der Waals surface area contributed by atoms with E-state index in [0.717, 1.165) is 37.7 Å². The third kappa shape index (κ3) is 3.77. The molecule has 3 rings (SSSR count). The Bertz CT molecular complexity index is 696. The summed E-state index contributed by atoms with van der Waals surface area (Å²) in [5, 5.41) is 24.1. The number of hydrogen-bond donors (Lipinski definition) is 1. The number of amides is 1. The van der Waals surface area contributed by atoms with Crippen molar-refractivity contribution in [3.05, 3.63) is 22.7 Å². The molecule has 2 heterocycles. The summed E-state index contributed by atoms with van der Waals surface area (Å²) >= 11 is 1.56. The smallest absolute Gasteiger partial charge is 0.248 e. The number of aromatic nitrogens is 2. The molecule has 0 bridgehead atoms. The van der Waals surface area contributed by atoms with Gasteiger partial charge in [0.2, 0.25) is 17.7 Å². The summed E-state index contributed by atoms with van der Waals surface area (Å²) < 4.78 is 5.56. The van der Waals surface area contributed by atoms with Crippen LogP contribution in [0.1, 0.15) is 44.4 Å². The molecule has 1 aliphatic carbocycles. The Morgan fingerprint density at radius 1 is 1.39 bits per heavy atom. The Hall–Kier alpha value is -2.20. The Morgan fingerprint density at radius 3 is 2.91 bits per heavy atom. The van der Waals surface area contributed by atoms with Gasteiger partial charge in [-0.1, -0.05) is 19.3 Å². The Kier molecular flexibility index (Phi) is 4.72. The summed E-state index contributed by atoms with van der Waals surface area (Å²) in [6, 6.07) is 4.20. The normalized spacial score (nSPS) is 16.7. The lowest BCUT2D eigenvalue weighted by Gasteiger charge is -2.31. The van der Waals surface area contributed by atoms with E-state index in [2.05, 4.69) is 21.6 Å². The van der Waals surface area contributed by atoms with Gasteiger partial charge < -0.3 is 9.73 Å². The maximum atomic E-state index is 12.1. The number of rotatable bonds is 5. The van der Waals surface area contributed by atoms with Crippen molar-refractivity contribution in [2.45, 2.75) is 50.5 Å². The fourth-order valence-corrected chi connectivity index (χ4v) is 3.46. The molecule has 0 spiro atoms. The van der Waals surface area contributed by atoms with Crippen molar-refractivity contribution in [2.75, 3.05) is 0 Å². The van der Waals surface area contributed by atoms with Crippen LogP contribution in [0.25, 0.3) is 11.5 Å². The topological polar surface area (TPSA) is 91.8 Å². The predicted octanol–water partition coefficient (Wildman–Crippen LogP) is 3.07. The van der Waals surface area contributed by atoms with Gasteiger partial charge in [0.1, 0.15) is 5.54 Å². The highest BCUT2D eigenvalue weighted by Gasteiger charge is 2.33. The second-order valence-corrected chi connectivity index (χ2v) is 6.60. The van der Waals surface area contributed by atoms with Gasteiger partial charge in [-0.15, -0.1) is 10.2 Å². The number of hydrogen-bond acceptors (Lipinski definition) is 6. The summed E-state index contributed by atoms with van der Waals surface area (Å²) in [4.78, 5) is 12.1. The van der Waals surface area contributed by atoms with Gasteiger partial charge in [0.15, 0.2) is 0 Å². The van der Waals surface area contributed by atoms with Crippen molar-refractivity contribution in [1.29, 1.82) is 5.26 Å². The van der Waals surface area contributed by atoms with E-state index in [1.807, 2.05) is 16.8 Å². The van der Waals surface area contributed by atoms with E-state index in [9.17, 15) is 10.1 Å². The summed E-state index contributed by atoms with van der Waals surface area (Å²) in [6.45, 7) is 0. The van der Waals surface area contributed by atoms with Crippen LogP contribution in [-0.4, -0.2) is 21.6 Å². The molecule has 0 aromatic carbocycles. The SMILES string of the molecule is N#CC1(NC(=O)CCc2nnc(-c3ccsc3)o2)CCCCC1. The van der Waals surface area contributed by atoms with Gasteiger partial charge >= 0.3 is 0 Å². The van der Waals surface area contributed by atoms with Crippen molar-refractivity contribution in [3.8, 4) is 17.5 Å². The highest BCUT2D eigenvalue weighted by atomic mass is 32.1. The molecule has 0 saturated heterocycles. The fourth-order valence-electron chi connectivity index (χ4n) is 2.83. The maximum absolute atomic E-state index is 12.1. The average molecular weight is 330 g/mol. The molecular weight excluding hydrogens is 312 g/mol. The molecule has 2 aromatic rings. The molecule has 0 radical (unpaired) electrons. The maximum Gasteiger partial charge on any atom is 0.248 e. The Labute approximate surface area is 138 Å². The number of nitrogens with one attached hydrogen (secondary N) is 1. The molecule has 6 nitrogen and oxygen atoms in total. The summed E-state index contributed by atoms with van der Waals surface area (Å²) in [7, 11) is 0. The van der Waals surface area contributed by atoms with Crippen LogP contribution in [0.4, 0.5) is 0 Å². The number of aryl methyl sites for hydroxylation is 1. The molecule has 23 heavy (non-hydrogen) atoms. The van der Waals surface area contributed by atoms with E-state index in [0.29, 0.717) is 18.2 Å². The zero-order valence-electron chi connectivity index (χ0n) is 12.7. The van der Waals surface area contributed by atoms with E-state index in [4.69, 9.17) is 4.42 Å². The molecule has 0 atom stereocenters. The third-order valence-electron chi connectivity index (χ3n) is 4.10. The minimum Gasteiger partial charge on any atom is -0.421 e. The summed E-state index contributed by atoms with van der Waals surface area (Å²) in [5.74, 6) is 0.780. The van der Waals surface area contributed by atoms with Crippen LogP contribution < -0.4 is 5.32 Å². The fraction of sp³-hybridized carbons (Fsp3) is 0.500. The largest absolute Gasteiger partial charge is 0.421 e. The molecule has 1 saturated carbocycles. The lowest BCUT2D eigenvalue weighted by atomic mass is 9.83. The van der Waals surface area contributed by atoms with E-state index in [1.165, 1.54) is 0 Å². The van der Waals surface area contributed by atoms with E-state index in [1.54, 1.807) is 11.3 Å². The van der Waals surface area contributed by atoms with Crippen molar-refractivity contribution in [1.82, 2.24) is 15.5 Å². The molecule has 1 amide bonds. The van der Waals surface area contributed by atoms with Gasteiger partial charge in [0.25, 0.3) is 0 Å². The zero-order chi connectivity index (χ0) is 16.1. The number of nitriles is 1. The van der Waals surface area contributed by atoms with Crippen molar-refractivity contribution >= 4 is 17.2 Å². The molecule has 1 aliphatic rings. The van der Waals surface area contributed by atoms with Crippen LogP contribution in [0.15, 0.2) is 21.2 Å². The molecule has 120 valence electrons. The predicted molar refractivity (Wildman–Crippen MR) is 85.5 cm³/mol. The average Bonchev–Trinajstić information content (AvgIpc) is 3.25.